The first-order valence-electron chi connectivity index (χ1n) is 6.54. The molecule has 1 aliphatic heterocycles. The number of carbonyl (C=O) groups is 2. The van der Waals surface area contributed by atoms with Gasteiger partial charge in [-0.05, 0) is 25.1 Å². The van der Waals surface area contributed by atoms with Crippen LogP contribution in [0, 0.1) is 0 Å². The van der Waals surface area contributed by atoms with E-state index >= 15 is 0 Å². The van der Waals surface area contributed by atoms with Gasteiger partial charge in [0.15, 0.2) is 0 Å². The number of rotatable bonds is 4. The Kier molecular flexibility index (Phi) is 4.85. The average molecular weight is 394 g/mol. The Labute approximate surface area is 148 Å². The molecule has 7 nitrogen and oxygen atoms in total. The van der Waals surface area contributed by atoms with Crippen LogP contribution in [0.2, 0.25) is 10.0 Å². The van der Waals surface area contributed by atoms with Crippen LogP contribution in [0.25, 0.3) is 0 Å². The van der Waals surface area contributed by atoms with Crippen molar-refractivity contribution in [2.45, 2.75) is 19.4 Å². The smallest absolute Gasteiger partial charge is 0.308 e. The number of halogens is 2. The van der Waals surface area contributed by atoms with E-state index in [0.717, 1.165) is 13.2 Å². The molecule has 0 aromatic heterocycles. The third-order valence-electron chi connectivity index (χ3n) is 3.12. The fourth-order valence-electron chi connectivity index (χ4n) is 2.13. The minimum Gasteiger partial charge on any atom is -0.456 e. The molecule has 130 valence electrons. The van der Waals surface area contributed by atoms with Gasteiger partial charge in [-0.1, -0.05) is 23.2 Å². The Bertz CT molecular complexity index is 864. The molecule has 0 amide bonds. The molecule has 1 aromatic carbocycles. The lowest BCUT2D eigenvalue weighted by molar-refractivity contribution is -0.142. The maximum atomic E-state index is 12.7. The molecule has 0 bridgehead atoms. The first-order valence-corrected chi connectivity index (χ1v) is 9.18. The van der Waals surface area contributed by atoms with Gasteiger partial charge in [-0.3, -0.25) is 14.3 Å². The van der Waals surface area contributed by atoms with Crippen LogP contribution in [0.3, 0.4) is 0 Å². The molecule has 24 heavy (non-hydrogen) atoms. The van der Waals surface area contributed by atoms with Gasteiger partial charge in [0.05, 0.1) is 6.26 Å². The Morgan fingerprint density at radius 1 is 1.33 bits per heavy atom. The van der Waals surface area contributed by atoms with E-state index in [4.69, 9.17) is 32.7 Å². The Morgan fingerprint density at radius 3 is 2.50 bits per heavy atom. The summed E-state index contributed by atoms with van der Waals surface area (Å²) < 4.78 is 35.3. The van der Waals surface area contributed by atoms with Crippen molar-refractivity contribution >= 4 is 45.0 Å². The summed E-state index contributed by atoms with van der Waals surface area (Å²) in [4.78, 5) is 24.0. The molecule has 0 fully saturated rings. The van der Waals surface area contributed by atoms with E-state index in [-0.39, 0.29) is 10.6 Å². The molecule has 0 spiro atoms. The molecule has 0 saturated carbocycles. The van der Waals surface area contributed by atoms with Gasteiger partial charge in [0.25, 0.3) is 5.78 Å². The number of nitrogens with one attached hydrogen (secondary N) is 1. The lowest BCUT2D eigenvalue weighted by Gasteiger charge is -2.24. The Hall–Kier alpha value is -1.77. The minimum absolute atomic E-state index is 0.179. The van der Waals surface area contributed by atoms with Crippen LogP contribution in [-0.2, 0) is 34.7 Å². The number of carbonyl (C=O) groups excluding carboxylic acids is 2. The first kappa shape index (κ1) is 18.6. The van der Waals surface area contributed by atoms with Gasteiger partial charge in [0.2, 0.25) is 27.3 Å². The van der Waals surface area contributed by atoms with Crippen molar-refractivity contribution in [3.8, 4) is 0 Å². The molecule has 0 aliphatic carbocycles. The molecule has 0 saturated heterocycles. The molecular weight excluding hydrogens is 381 g/mol. The first-order chi connectivity index (χ1) is 10.9. The second-order valence-electron chi connectivity index (χ2n) is 5.21. The van der Waals surface area contributed by atoms with Gasteiger partial charge in [0, 0.05) is 22.5 Å². The number of sulfonamides is 1. The van der Waals surface area contributed by atoms with Gasteiger partial charge in [-0.2, -0.15) is 0 Å². The van der Waals surface area contributed by atoms with Crippen LogP contribution < -0.4 is 4.72 Å². The summed E-state index contributed by atoms with van der Waals surface area (Å²) in [6.45, 7) is 2.44. The third-order valence-corrected chi connectivity index (χ3v) is 4.24. The van der Waals surface area contributed by atoms with Crippen molar-refractivity contribution in [3.63, 3.8) is 0 Å². The molecule has 0 radical (unpaired) electrons. The fraction of sp³-hybridized carbons (Fsp3) is 0.286. The Morgan fingerprint density at radius 2 is 1.96 bits per heavy atom. The zero-order valence-electron chi connectivity index (χ0n) is 12.8. The van der Waals surface area contributed by atoms with Gasteiger partial charge in [0.1, 0.15) is 0 Å². The maximum Gasteiger partial charge on any atom is 0.308 e. The molecule has 10 heteroatoms. The summed E-state index contributed by atoms with van der Waals surface area (Å²) in [7, 11) is -3.79. The summed E-state index contributed by atoms with van der Waals surface area (Å²) in [5, 5.41) is 0.476. The van der Waals surface area contributed by atoms with Gasteiger partial charge >= 0.3 is 5.97 Å². The molecule has 1 N–H and O–H groups in total. The van der Waals surface area contributed by atoms with E-state index in [0.29, 0.717) is 5.02 Å². The van der Waals surface area contributed by atoms with Crippen molar-refractivity contribution in [2.75, 3.05) is 6.26 Å². The molecule has 1 heterocycles. The van der Waals surface area contributed by atoms with E-state index in [1.165, 1.54) is 25.1 Å². The third kappa shape index (κ3) is 3.66. The van der Waals surface area contributed by atoms with Crippen molar-refractivity contribution in [3.05, 3.63) is 45.5 Å². The van der Waals surface area contributed by atoms with E-state index < -0.39 is 39.0 Å². The van der Waals surface area contributed by atoms with Crippen molar-refractivity contribution in [2.24, 2.45) is 0 Å². The van der Waals surface area contributed by atoms with E-state index in [9.17, 15) is 18.0 Å². The Balaban J connectivity index is 2.55. The number of benzene rings is 1. The van der Waals surface area contributed by atoms with Crippen molar-refractivity contribution in [1.82, 2.24) is 4.72 Å². The predicted molar refractivity (Wildman–Crippen MR) is 86.7 cm³/mol. The summed E-state index contributed by atoms with van der Waals surface area (Å²) in [6.07, 6.45) is 0.862. The van der Waals surface area contributed by atoms with Crippen LogP contribution in [-0.4, -0.2) is 26.4 Å². The van der Waals surface area contributed by atoms with Crippen LogP contribution in [0.1, 0.15) is 19.4 Å². The number of esters is 1. The number of hydrogen-bond donors (Lipinski definition) is 1. The van der Waals surface area contributed by atoms with E-state index in [1.54, 1.807) is 0 Å². The van der Waals surface area contributed by atoms with Crippen LogP contribution in [0.4, 0.5) is 0 Å². The quantitative estimate of drug-likeness (QED) is 0.786. The number of ketones is 1. The van der Waals surface area contributed by atoms with Gasteiger partial charge in [-0.15, -0.1) is 0 Å². The molecule has 1 aliphatic rings. The summed E-state index contributed by atoms with van der Waals surface area (Å²) in [5.41, 5.74) is -1.50. The molecule has 2 rings (SSSR count). The highest BCUT2D eigenvalue weighted by Crippen LogP contribution is 2.42. The summed E-state index contributed by atoms with van der Waals surface area (Å²) >= 11 is 12.0. The molecule has 1 atom stereocenters. The van der Waals surface area contributed by atoms with Crippen LogP contribution in [0.5, 0.6) is 0 Å². The standard InChI is InChI=1S/C14H13Cl2NO6S/c1-7(18)22-11-12(19)14(2,23-13(11)17-24(3,20)21)9-6-8(15)4-5-10(9)16/h4-6,17H,1-3H3. The second kappa shape index (κ2) is 6.27. The zero-order chi connectivity index (χ0) is 18.3. The molecule has 1 unspecified atom stereocenters. The summed E-state index contributed by atoms with van der Waals surface area (Å²) in [6, 6.07) is 4.40. The van der Waals surface area contributed by atoms with Crippen molar-refractivity contribution in [1.29, 1.82) is 0 Å². The van der Waals surface area contributed by atoms with Gasteiger partial charge in [-0.25, -0.2) is 8.42 Å². The topological polar surface area (TPSA) is 98.8 Å². The highest BCUT2D eigenvalue weighted by Gasteiger charge is 2.51. The van der Waals surface area contributed by atoms with Gasteiger partial charge < -0.3 is 9.47 Å². The SMILES string of the molecule is CC(=O)OC1=C(NS(C)(=O)=O)OC(C)(c2cc(Cl)ccc2Cl)C1=O. The molecule has 1 aromatic rings. The normalized spacial score (nSPS) is 20.8. The lowest BCUT2D eigenvalue weighted by atomic mass is 9.91. The average Bonchev–Trinajstić information content (AvgIpc) is 2.64. The van der Waals surface area contributed by atoms with Crippen LogP contribution in [0.15, 0.2) is 29.8 Å². The minimum atomic E-state index is -3.79. The van der Waals surface area contributed by atoms with Crippen LogP contribution >= 0.6 is 23.2 Å². The summed E-state index contributed by atoms with van der Waals surface area (Å²) in [5.74, 6) is -2.62. The monoisotopic (exact) mass is 393 g/mol. The largest absolute Gasteiger partial charge is 0.456 e. The van der Waals surface area contributed by atoms with E-state index in [1.807, 2.05) is 4.72 Å². The number of Topliss-reactive ketones (excluding diaryl/α,β-unsaturated/α-hetero) is 1. The zero-order valence-corrected chi connectivity index (χ0v) is 15.2. The molecular formula is C14H13Cl2NO6S. The highest BCUT2D eigenvalue weighted by molar-refractivity contribution is 7.88. The second-order valence-corrected chi connectivity index (χ2v) is 7.81. The maximum absolute atomic E-state index is 12.7. The van der Waals surface area contributed by atoms with E-state index in [2.05, 4.69) is 0 Å². The predicted octanol–water partition coefficient (Wildman–Crippen LogP) is 2.09. The number of hydrogen-bond acceptors (Lipinski definition) is 6. The fourth-order valence-corrected chi connectivity index (χ4v) is 3.07. The number of ether oxygens (including phenoxy) is 2. The van der Waals surface area contributed by atoms with Crippen molar-refractivity contribution < 1.29 is 27.5 Å². The highest BCUT2D eigenvalue weighted by atomic mass is 35.5. The lowest BCUT2D eigenvalue weighted by Crippen LogP contribution is -2.32.